The summed E-state index contributed by atoms with van der Waals surface area (Å²) in [6.45, 7) is 2.28. The van der Waals surface area contributed by atoms with Crippen LogP contribution in [0.25, 0.3) is 0 Å². The first kappa shape index (κ1) is 18.4. The van der Waals surface area contributed by atoms with Crippen molar-refractivity contribution >= 4 is 11.8 Å². The van der Waals surface area contributed by atoms with Crippen LogP contribution < -0.4 is 5.73 Å². The molecule has 1 unspecified atom stereocenters. The first-order valence-corrected chi connectivity index (χ1v) is 10.2. The second-order valence-electron chi connectivity index (χ2n) is 6.62. The molecule has 0 amide bonds. The van der Waals surface area contributed by atoms with Crippen LogP contribution >= 0.6 is 11.8 Å². The van der Waals surface area contributed by atoms with Gasteiger partial charge in [-0.1, -0.05) is 77.6 Å². The smallest absolute Gasteiger partial charge is 0.0130 e. The van der Waals surface area contributed by atoms with E-state index in [1.54, 1.807) is 0 Å². The summed E-state index contributed by atoms with van der Waals surface area (Å²) in [5, 5.41) is 0.924. The minimum atomic E-state index is 0.446. The van der Waals surface area contributed by atoms with E-state index in [1.807, 2.05) is 0 Å². The van der Waals surface area contributed by atoms with Crippen LogP contribution in [0.1, 0.15) is 96.8 Å². The summed E-state index contributed by atoms with van der Waals surface area (Å²) in [7, 11) is 0. The highest BCUT2D eigenvalue weighted by Crippen LogP contribution is 2.28. The minimum Gasteiger partial charge on any atom is -0.327 e. The van der Waals surface area contributed by atoms with Gasteiger partial charge in [0.1, 0.15) is 0 Å². The summed E-state index contributed by atoms with van der Waals surface area (Å²) < 4.78 is 0. The fourth-order valence-electron chi connectivity index (χ4n) is 3.12. The van der Waals surface area contributed by atoms with Crippen LogP contribution in [0, 0.1) is 0 Å². The van der Waals surface area contributed by atoms with E-state index in [2.05, 4.69) is 18.7 Å². The number of hydrogen-bond acceptors (Lipinski definition) is 2. The van der Waals surface area contributed by atoms with Gasteiger partial charge in [0.25, 0.3) is 0 Å². The van der Waals surface area contributed by atoms with Gasteiger partial charge in [0.2, 0.25) is 0 Å². The van der Waals surface area contributed by atoms with Gasteiger partial charge in [0.15, 0.2) is 0 Å². The Kier molecular flexibility index (Phi) is 11.9. The average molecular weight is 300 g/mol. The number of rotatable bonds is 12. The van der Waals surface area contributed by atoms with E-state index in [9.17, 15) is 0 Å². The van der Waals surface area contributed by atoms with Crippen LogP contribution in [-0.2, 0) is 0 Å². The quantitative estimate of drug-likeness (QED) is 0.453. The summed E-state index contributed by atoms with van der Waals surface area (Å²) in [6, 6.07) is 0.446. The molecule has 0 aromatic carbocycles. The summed E-state index contributed by atoms with van der Waals surface area (Å²) in [6.07, 6.45) is 19.7. The van der Waals surface area contributed by atoms with Gasteiger partial charge in [-0.15, -0.1) is 0 Å². The molecule has 0 aromatic rings. The summed E-state index contributed by atoms with van der Waals surface area (Å²) in [5.41, 5.74) is 6.25. The highest BCUT2D eigenvalue weighted by Gasteiger charge is 2.14. The predicted molar refractivity (Wildman–Crippen MR) is 94.5 cm³/mol. The van der Waals surface area contributed by atoms with Crippen molar-refractivity contribution in [3.63, 3.8) is 0 Å². The maximum Gasteiger partial charge on any atom is 0.0130 e. The zero-order valence-corrected chi connectivity index (χ0v) is 14.6. The third-order valence-corrected chi connectivity index (χ3v) is 6.09. The van der Waals surface area contributed by atoms with Crippen molar-refractivity contribution in [2.75, 3.05) is 5.75 Å². The molecule has 0 heterocycles. The van der Waals surface area contributed by atoms with E-state index in [0.29, 0.717) is 6.04 Å². The molecule has 0 aromatic heterocycles. The van der Waals surface area contributed by atoms with Gasteiger partial charge >= 0.3 is 0 Å². The minimum absolute atomic E-state index is 0.446. The van der Waals surface area contributed by atoms with Crippen molar-refractivity contribution in [1.29, 1.82) is 0 Å². The van der Waals surface area contributed by atoms with E-state index in [1.165, 1.54) is 95.6 Å². The van der Waals surface area contributed by atoms with Crippen molar-refractivity contribution < 1.29 is 0 Å². The second kappa shape index (κ2) is 13.0. The maximum atomic E-state index is 6.25. The van der Waals surface area contributed by atoms with Gasteiger partial charge in [-0.3, -0.25) is 0 Å². The second-order valence-corrected chi connectivity index (χ2v) is 7.95. The molecule has 0 spiro atoms. The van der Waals surface area contributed by atoms with E-state index < -0.39 is 0 Å². The summed E-state index contributed by atoms with van der Waals surface area (Å²) >= 11 is 2.16. The molecular formula is C18H37NS. The van der Waals surface area contributed by atoms with Crippen LogP contribution in [0.4, 0.5) is 0 Å². The largest absolute Gasteiger partial charge is 0.327 e. The number of hydrogen-bond donors (Lipinski definition) is 1. The highest BCUT2D eigenvalue weighted by atomic mass is 32.2. The van der Waals surface area contributed by atoms with Crippen LogP contribution in [0.3, 0.4) is 0 Å². The molecule has 0 bridgehead atoms. The van der Waals surface area contributed by atoms with Gasteiger partial charge in [0, 0.05) is 17.0 Å². The Balaban J connectivity index is 1.83. The molecule has 1 aliphatic carbocycles. The third kappa shape index (κ3) is 10.1. The van der Waals surface area contributed by atoms with Crippen molar-refractivity contribution in [2.24, 2.45) is 5.73 Å². The zero-order valence-electron chi connectivity index (χ0n) is 13.7. The Labute approximate surface area is 131 Å². The molecular weight excluding hydrogens is 262 g/mol. The first-order valence-electron chi connectivity index (χ1n) is 9.20. The lowest BCUT2D eigenvalue weighted by molar-refractivity contribution is 0.513. The fraction of sp³-hybridized carbons (Fsp3) is 1.00. The molecule has 2 heteroatoms. The normalized spacial score (nSPS) is 18.3. The van der Waals surface area contributed by atoms with Gasteiger partial charge in [-0.2, -0.15) is 11.8 Å². The number of nitrogens with two attached hydrogens (primary N) is 1. The van der Waals surface area contributed by atoms with Gasteiger partial charge in [-0.05, 0) is 19.3 Å². The molecule has 20 heavy (non-hydrogen) atoms. The monoisotopic (exact) mass is 299 g/mol. The third-order valence-electron chi connectivity index (χ3n) is 4.53. The summed E-state index contributed by atoms with van der Waals surface area (Å²) in [4.78, 5) is 0. The topological polar surface area (TPSA) is 26.0 Å². The molecule has 0 aliphatic heterocycles. The SMILES string of the molecule is CCCCCCCCCCC(N)CSC1CCCCC1. The van der Waals surface area contributed by atoms with Crippen molar-refractivity contribution in [2.45, 2.75) is 108 Å². The van der Waals surface area contributed by atoms with Crippen LogP contribution in [0.5, 0.6) is 0 Å². The highest BCUT2D eigenvalue weighted by molar-refractivity contribution is 7.99. The van der Waals surface area contributed by atoms with Crippen LogP contribution in [0.15, 0.2) is 0 Å². The van der Waals surface area contributed by atoms with Crippen molar-refractivity contribution in [1.82, 2.24) is 0 Å². The molecule has 1 rings (SSSR count). The predicted octanol–water partition coefficient (Wildman–Crippen LogP) is 5.91. The molecule has 1 fully saturated rings. The molecule has 0 saturated heterocycles. The number of unbranched alkanes of at least 4 members (excludes halogenated alkanes) is 7. The summed E-state index contributed by atoms with van der Waals surface area (Å²) in [5.74, 6) is 1.20. The van der Waals surface area contributed by atoms with E-state index in [-0.39, 0.29) is 0 Å². The number of thioether (sulfide) groups is 1. The maximum absolute atomic E-state index is 6.25. The van der Waals surface area contributed by atoms with E-state index in [4.69, 9.17) is 5.73 Å². The van der Waals surface area contributed by atoms with Crippen LogP contribution in [-0.4, -0.2) is 17.0 Å². The molecule has 1 atom stereocenters. The Morgan fingerprint density at radius 3 is 2.15 bits per heavy atom. The van der Waals surface area contributed by atoms with Crippen LogP contribution in [0.2, 0.25) is 0 Å². The Morgan fingerprint density at radius 1 is 0.900 bits per heavy atom. The van der Waals surface area contributed by atoms with Crippen molar-refractivity contribution in [3.8, 4) is 0 Å². The molecule has 0 radical (unpaired) electrons. The average Bonchev–Trinajstić information content (AvgIpc) is 2.49. The Bertz CT molecular complexity index is 202. The van der Waals surface area contributed by atoms with Gasteiger partial charge in [-0.25, -0.2) is 0 Å². The molecule has 120 valence electrons. The lowest BCUT2D eigenvalue weighted by Crippen LogP contribution is -2.24. The fourth-order valence-corrected chi connectivity index (χ4v) is 4.47. The van der Waals surface area contributed by atoms with E-state index >= 15 is 0 Å². The molecule has 1 aliphatic rings. The Morgan fingerprint density at radius 2 is 1.50 bits per heavy atom. The Hall–Kier alpha value is 0.310. The molecule has 1 nitrogen and oxygen atoms in total. The zero-order chi connectivity index (χ0) is 14.5. The van der Waals surface area contributed by atoms with E-state index in [0.717, 1.165) is 5.25 Å². The first-order chi connectivity index (χ1) is 9.83. The standard InChI is InChI=1S/C18H37NS/c1-2-3-4-5-6-7-8-10-13-17(19)16-20-18-14-11-9-12-15-18/h17-18H,2-16,19H2,1H3. The van der Waals surface area contributed by atoms with Gasteiger partial charge < -0.3 is 5.73 Å². The van der Waals surface area contributed by atoms with Gasteiger partial charge in [0.05, 0.1) is 0 Å². The lowest BCUT2D eigenvalue weighted by Gasteiger charge is -2.22. The molecule has 2 N–H and O–H groups in total. The van der Waals surface area contributed by atoms with Crippen molar-refractivity contribution in [3.05, 3.63) is 0 Å². The lowest BCUT2D eigenvalue weighted by atomic mass is 10.0. The molecule has 1 saturated carbocycles.